The molecule has 1 unspecified atom stereocenters. The maximum absolute atomic E-state index is 13.3. The molecule has 0 aliphatic carbocycles. The highest BCUT2D eigenvalue weighted by molar-refractivity contribution is 7.89. The van der Waals surface area contributed by atoms with Crippen LogP contribution >= 0.6 is 0 Å². The summed E-state index contributed by atoms with van der Waals surface area (Å²) in [5, 5.41) is 12.7. The SMILES string of the molecule is NS(=O)(=O)C1CC(=O)N(c2cc(F)c(F)cc2C(=O)O)C1. The van der Waals surface area contributed by atoms with E-state index in [0.29, 0.717) is 12.1 Å². The van der Waals surface area contributed by atoms with Gasteiger partial charge in [-0.2, -0.15) is 0 Å². The zero-order chi connectivity index (χ0) is 15.9. The third-order valence-electron chi connectivity index (χ3n) is 3.11. The predicted molar refractivity (Wildman–Crippen MR) is 67.2 cm³/mol. The summed E-state index contributed by atoms with van der Waals surface area (Å²) in [4.78, 5) is 23.6. The molecule has 3 N–H and O–H groups in total. The molecule has 7 nitrogen and oxygen atoms in total. The van der Waals surface area contributed by atoms with Gasteiger partial charge < -0.3 is 10.0 Å². The molecule has 1 atom stereocenters. The predicted octanol–water partition coefficient (Wildman–Crippen LogP) is 0.0568. The van der Waals surface area contributed by atoms with Gasteiger partial charge >= 0.3 is 5.97 Å². The summed E-state index contributed by atoms with van der Waals surface area (Å²) < 4.78 is 48.9. The van der Waals surface area contributed by atoms with E-state index < -0.39 is 63.0 Å². The molecular weight excluding hydrogens is 310 g/mol. The van der Waals surface area contributed by atoms with E-state index in [4.69, 9.17) is 10.2 Å². The van der Waals surface area contributed by atoms with E-state index in [1.54, 1.807) is 0 Å². The molecule has 0 radical (unpaired) electrons. The standard InChI is InChI=1S/C11H10F2N2O5S/c12-7-2-6(11(17)18)9(3-8(7)13)15-4-5(1-10(15)16)21(14,19)20/h2-3,5H,1,4H2,(H,17,18)(H2,14,19,20). The second-order valence-corrected chi connectivity index (χ2v) is 6.35. The fraction of sp³-hybridized carbons (Fsp3) is 0.273. The molecule has 0 saturated carbocycles. The Kier molecular flexibility index (Phi) is 3.68. The highest BCUT2D eigenvalue weighted by Gasteiger charge is 2.38. The first-order chi connectivity index (χ1) is 9.61. The van der Waals surface area contributed by atoms with Gasteiger partial charge in [-0.15, -0.1) is 0 Å². The third-order valence-corrected chi connectivity index (χ3v) is 4.36. The van der Waals surface area contributed by atoms with Crippen molar-refractivity contribution in [1.82, 2.24) is 0 Å². The molecule has 1 heterocycles. The number of nitrogens with two attached hydrogens (primary N) is 1. The van der Waals surface area contributed by atoms with Crippen molar-refractivity contribution in [2.24, 2.45) is 5.14 Å². The van der Waals surface area contributed by atoms with Gasteiger partial charge in [-0.25, -0.2) is 27.1 Å². The van der Waals surface area contributed by atoms with Crippen LogP contribution in [0.3, 0.4) is 0 Å². The number of rotatable bonds is 3. The minimum absolute atomic E-state index is 0.405. The van der Waals surface area contributed by atoms with Crippen LogP contribution in [0.1, 0.15) is 16.8 Å². The Balaban J connectivity index is 2.50. The van der Waals surface area contributed by atoms with E-state index in [0.717, 1.165) is 4.90 Å². The summed E-state index contributed by atoms with van der Waals surface area (Å²) in [6.07, 6.45) is -0.448. The number of nitrogens with zero attached hydrogens (tertiary/aromatic N) is 1. The van der Waals surface area contributed by atoms with Gasteiger partial charge in [0.25, 0.3) is 0 Å². The number of carbonyl (C=O) groups excluding carboxylic acids is 1. The Hall–Kier alpha value is -2.07. The van der Waals surface area contributed by atoms with Crippen molar-refractivity contribution in [3.8, 4) is 0 Å². The van der Waals surface area contributed by atoms with Crippen molar-refractivity contribution < 1.29 is 31.9 Å². The summed E-state index contributed by atoms with van der Waals surface area (Å²) in [7, 11) is -4.01. The van der Waals surface area contributed by atoms with Crippen molar-refractivity contribution >= 4 is 27.6 Å². The van der Waals surface area contributed by atoms with E-state index in [1.165, 1.54) is 0 Å². The van der Waals surface area contributed by atoms with E-state index in [2.05, 4.69) is 0 Å². The van der Waals surface area contributed by atoms with Crippen LogP contribution in [0.2, 0.25) is 0 Å². The second-order valence-electron chi connectivity index (χ2n) is 4.51. The molecule has 0 spiro atoms. The largest absolute Gasteiger partial charge is 0.478 e. The van der Waals surface area contributed by atoms with Crippen LogP contribution in [0, 0.1) is 11.6 Å². The number of aromatic carboxylic acids is 1. The smallest absolute Gasteiger partial charge is 0.337 e. The van der Waals surface area contributed by atoms with E-state index in [1.807, 2.05) is 0 Å². The van der Waals surface area contributed by atoms with Gasteiger partial charge in [0, 0.05) is 19.0 Å². The number of benzene rings is 1. The molecule has 1 aliphatic heterocycles. The lowest BCUT2D eigenvalue weighted by Crippen LogP contribution is -2.32. The summed E-state index contributed by atoms with van der Waals surface area (Å²) in [6, 6.07) is 0.979. The Bertz CT molecular complexity index is 734. The molecule has 1 amide bonds. The maximum Gasteiger partial charge on any atom is 0.337 e. The highest BCUT2D eigenvalue weighted by Crippen LogP contribution is 2.29. The molecule has 1 aromatic carbocycles. The van der Waals surface area contributed by atoms with Gasteiger partial charge in [0.2, 0.25) is 15.9 Å². The minimum Gasteiger partial charge on any atom is -0.478 e. The number of amides is 1. The van der Waals surface area contributed by atoms with Crippen molar-refractivity contribution in [2.75, 3.05) is 11.4 Å². The topological polar surface area (TPSA) is 118 Å². The molecule has 2 rings (SSSR count). The third kappa shape index (κ3) is 2.85. The normalized spacial score (nSPS) is 19.1. The van der Waals surface area contributed by atoms with Gasteiger partial charge in [-0.1, -0.05) is 0 Å². The summed E-state index contributed by atoms with van der Waals surface area (Å²) in [5.74, 6) is -5.04. The molecule has 1 fully saturated rings. The zero-order valence-electron chi connectivity index (χ0n) is 10.4. The molecule has 114 valence electrons. The number of carbonyl (C=O) groups is 2. The van der Waals surface area contributed by atoms with Crippen LogP contribution in [0.25, 0.3) is 0 Å². The number of primary sulfonamides is 1. The number of halogens is 2. The Labute approximate surface area is 118 Å². The van der Waals surface area contributed by atoms with Crippen molar-refractivity contribution in [1.29, 1.82) is 0 Å². The minimum atomic E-state index is -4.01. The lowest BCUT2D eigenvalue weighted by atomic mass is 10.1. The number of hydrogen-bond acceptors (Lipinski definition) is 4. The van der Waals surface area contributed by atoms with E-state index in [-0.39, 0.29) is 0 Å². The van der Waals surface area contributed by atoms with Gasteiger partial charge in [0.1, 0.15) is 5.25 Å². The fourth-order valence-corrected chi connectivity index (χ4v) is 2.79. The molecule has 1 saturated heterocycles. The molecular formula is C11H10F2N2O5S. The second kappa shape index (κ2) is 5.04. The van der Waals surface area contributed by atoms with Crippen molar-refractivity contribution in [3.05, 3.63) is 29.3 Å². The van der Waals surface area contributed by atoms with Gasteiger partial charge in [-0.05, 0) is 6.07 Å². The van der Waals surface area contributed by atoms with E-state index in [9.17, 15) is 26.8 Å². The summed E-state index contributed by atoms with van der Waals surface area (Å²) >= 11 is 0. The molecule has 21 heavy (non-hydrogen) atoms. The first-order valence-corrected chi connectivity index (χ1v) is 7.26. The maximum atomic E-state index is 13.3. The highest BCUT2D eigenvalue weighted by atomic mass is 32.2. The average Bonchev–Trinajstić information content (AvgIpc) is 2.74. The zero-order valence-corrected chi connectivity index (χ0v) is 11.2. The summed E-state index contributed by atoms with van der Waals surface area (Å²) in [6.45, 7) is -0.414. The molecule has 0 bridgehead atoms. The van der Waals surface area contributed by atoms with Gasteiger partial charge in [0.15, 0.2) is 11.6 Å². The molecule has 10 heteroatoms. The van der Waals surface area contributed by atoms with Gasteiger partial charge in [0.05, 0.1) is 11.3 Å². The Morgan fingerprint density at radius 2 is 1.90 bits per heavy atom. The van der Waals surface area contributed by atoms with Gasteiger partial charge in [-0.3, -0.25) is 4.79 Å². The average molecular weight is 320 g/mol. The van der Waals surface area contributed by atoms with Crippen LogP contribution < -0.4 is 10.0 Å². The monoisotopic (exact) mass is 320 g/mol. The molecule has 0 aromatic heterocycles. The van der Waals surface area contributed by atoms with Crippen LogP contribution in [-0.4, -0.2) is 37.2 Å². The van der Waals surface area contributed by atoms with E-state index >= 15 is 0 Å². The first-order valence-electron chi connectivity index (χ1n) is 5.65. The summed E-state index contributed by atoms with van der Waals surface area (Å²) in [5.41, 5.74) is -1.05. The van der Waals surface area contributed by atoms with Crippen molar-refractivity contribution in [2.45, 2.75) is 11.7 Å². The number of carboxylic acid groups (broad SMARTS) is 1. The van der Waals surface area contributed by atoms with Crippen LogP contribution in [0.15, 0.2) is 12.1 Å². The number of hydrogen-bond donors (Lipinski definition) is 2. The quantitative estimate of drug-likeness (QED) is 0.816. The number of carboxylic acids is 1. The van der Waals surface area contributed by atoms with Crippen LogP contribution in [0.4, 0.5) is 14.5 Å². The van der Waals surface area contributed by atoms with Crippen LogP contribution in [-0.2, 0) is 14.8 Å². The number of anilines is 1. The Morgan fingerprint density at radius 1 is 1.33 bits per heavy atom. The first kappa shape index (κ1) is 15.3. The number of sulfonamides is 1. The Morgan fingerprint density at radius 3 is 2.38 bits per heavy atom. The fourth-order valence-electron chi connectivity index (χ4n) is 2.06. The molecule has 1 aliphatic rings. The van der Waals surface area contributed by atoms with Crippen molar-refractivity contribution in [3.63, 3.8) is 0 Å². The molecule has 1 aromatic rings. The lowest BCUT2D eigenvalue weighted by Gasteiger charge is -2.19. The van der Waals surface area contributed by atoms with Crippen LogP contribution in [0.5, 0.6) is 0 Å². The lowest BCUT2D eigenvalue weighted by molar-refractivity contribution is -0.117.